The van der Waals surface area contributed by atoms with Crippen molar-refractivity contribution >= 4 is 11.8 Å². The fraction of sp³-hybridized carbons (Fsp3) is 1.00. The van der Waals surface area contributed by atoms with Crippen molar-refractivity contribution in [1.82, 2.24) is 5.32 Å². The molecule has 164 valence electrons. The highest BCUT2D eigenvalue weighted by Gasteiger charge is 2.55. The molecular weight excluding hydrogens is 364 g/mol. The Morgan fingerprint density at radius 1 is 1.04 bits per heavy atom. The summed E-state index contributed by atoms with van der Waals surface area (Å²) in [5.74, 6) is 3.47. The number of nitrogens with two attached hydrogens (primary N) is 1. The summed E-state index contributed by atoms with van der Waals surface area (Å²) in [5.41, 5.74) is 6.79. The average Bonchev–Trinajstić information content (AvgIpc) is 3.48. The first-order valence-electron chi connectivity index (χ1n) is 12.2. The van der Waals surface area contributed by atoms with Gasteiger partial charge in [-0.1, -0.05) is 66.2 Å². The first-order valence-corrected chi connectivity index (χ1v) is 13.2. The topological polar surface area (TPSA) is 50.6 Å². The Hall–Kier alpha value is 0.230. The number of hydrogen-bond donors (Lipinski definition) is 2. The SMILES string of the molecule is CC1CCCCCC(C(C)C(C)(C)C2OC2C(N)CSC2CCCCN2)CC1. The van der Waals surface area contributed by atoms with Crippen LogP contribution >= 0.6 is 11.8 Å². The van der Waals surface area contributed by atoms with Gasteiger partial charge >= 0.3 is 0 Å². The van der Waals surface area contributed by atoms with E-state index in [-0.39, 0.29) is 17.6 Å². The molecule has 7 atom stereocenters. The lowest BCUT2D eigenvalue weighted by Crippen LogP contribution is -2.40. The summed E-state index contributed by atoms with van der Waals surface area (Å²) in [4.78, 5) is 0. The Labute approximate surface area is 178 Å². The van der Waals surface area contributed by atoms with Crippen LogP contribution in [0, 0.1) is 23.2 Å². The standard InChI is InChI=1S/C24H46N2OS/c1-17-10-6-5-7-11-19(14-13-17)18(2)24(3,4)23-22(27-23)20(25)16-28-21-12-8-9-15-26-21/h17-23,26H,5-16,25H2,1-4H3. The smallest absolute Gasteiger partial charge is 0.101 e. The zero-order valence-electron chi connectivity index (χ0n) is 18.9. The van der Waals surface area contributed by atoms with Crippen molar-refractivity contribution in [2.45, 2.75) is 116 Å². The summed E-state index contributed by atoms with van der Waals surface area (Å²) >= 11 is 2.01. The second-order valence-electron chi connectivity index (χ2n) is 10.6. The van der Waals surface area contributed by atoms with Crippen molar-refractivity contribution in [1.29, 1.82) is 0 Å². The van der Waals surface area contributed by atoms with Gasteiger partial charge < -0.3 is 15.8 Å². The summed E-state index contributed by atoms with van der Waals surface area (Å²) in [7, 11) is 0. The molecule has 28 heavy (non-hydrogen) atoms. The molecule has 1 saturated carbocycles. The van der Waals surface area contributed by atoms with Gasteiger partial charge in [0.15, 0.2) is 0 Å². The first-order chi connectivity index (χ1) is 13.4. The van der Waals surface area contributed by atoms with Crippen LogP contribution in [0.2, 0.25) is 0 Å². The minimum Gasteiger partial charge on any atom is -0.367 e. The van der Waals surface area contributed by atoms with Crippen LogP contribution in [-0.4, -0.2) is 35.9 Å². The molecule has 0 aromatic heterocycles. The van der Waals surface area contributed by atoms with Crippen molar-refractivity contribution in [2.75, 3.05) is 12.3 Å². The molecule has 0 amide bonds. The van der Waals surface area contributed by atoms with Crippen LogP contribution in [0.3, 0.4) is 0 Å². The van der Waals surface area contributed by atoms with Gasteiger partial charge in [0.25, 0.3) is 0 Å². The summed E-state index contributed by atoms with van der Waals surface area (Å²) < 4.78 is 6.24. The Balaban J connectivity index is 1.49. The predicted molar refractivity (Wildman–Crippen MR) is 123 cm³/mol. The van der Waals surface area contributed by atoms with Gasteiger partial charge in [-0.3, -0.25) is 0 Å². The molecule has 4 heteroatoms. The van der Waals surface area contributed by atoms with Gasteiger partial charge in [0, 0.05) is 11.8 Å². The first kappa shape index (κ1) is 22.9. The van der Waals surface area contributed by atoms with Gasteiger partial charge in [0.05, 0.1) is 11.5 Å². The van der Waals surface area contributed by atoms with E-state index < -0.39 is 0 Å². The summed E-state index contributed by atoms with van der Waals surface area (Å²) in [6.45, 7) is 11.0. The maximum atomic E-state index is 6.57. The van der Waals surface area contributed by atoms with Gasteiger partial charge in [-0.25, -0.2) is 0 Å². The number of thioether (sulfide) groups is 1. The molecule has 3 aliphatic rings. The molecule has 3 N–H and O–H groups in total. The lowest BCUT2D eigenvalue weighted by molar-refractivity contribution is 0.0989. The normalized spacial score (nSPS) is 37.4. The summed E-state index contributed by atoms with van der Waals surface area (Å²) in [6.07, 6.45) is 14.5. The second-order valence-corrected chi connectivity index (χ2v) is 11.9. The molecule has 2 saturated heterocycles. The lowest BCUT2D eigenvalue weighted by atomic mass is 9.67. The van der Waals surface area contributed by atoms with E-state index in [0.717, 1.165) is 17.6 Å². The molecule has 2 aliphatic heterocycles. The van der Waals surface area contributed by atoms with Crippen molar-refractivity contribution in [3.8, 4) is 0 Å². The molecule has 0 aromatic rings. The summed E-state index contributed by atoms with van der Waals surface area (Å²) in [5, 5.41) is 4.22. The third-order valence-electron chi connectivity index (χ3n) is 8.12. The quantitative estimate of drug-likeness (QED) is 0.538. The Morgan fingerprint density at radius 2 is 1.79 bits per heavy atom. The highest BCUT2D eigenvalue weighted by atomic mass is 32.2. The fourth-order valence-corrected chi connectivity index (χ4v) is 6.78. The monoisotopic (exact) mass is 410 g/mol. The molecule has 0 aromatic carbocycles. The van der Waals surface area contributed by atoms with Crippen LogP contribution in [0.15, 0.2) is 0 Å². The highest BCUT2D eigenvalue weighted by Crippen LogP contribution is 2.49. The third kappa shape index (κ3) is 6.12. The van der Waals surface area contributed by atoms with Crippen LogP contribution < -0.4 is 11.1 Å². The predicted octanol–water partition coefficient (Wildman–Crippen LogP) is 5.57. The number of epoxide rings is 1. The molecule has 3 rings (SSSR count). The third-order valence-corrected chi connectivity index (χ3v) is 9.50. The average molecular weight is 411 g/mol. The minimum absolute atomic E-state index is 0.172. The van der Waals surface area contributed by atoms with E-state index in [1.54, 1.807) is 0 Å². The number of ether oxygens (including phenoxy) is 1. The molecule has 0 bridgehead atoms. The van der Waals surface area contributed by atoms with Gasteiger partial charge in [-0.15, -0.1) is 11.8 Å². The van der Waals surface area contributed by atoms with E-state index in [2.05, 4.69) is 33.0 Å². The maximum absolute atomic E-state index is 6.57. The molecule has 7 unspecified atom stereocenters. The zero-order valence-corrected chi connectivity index (χ0v) is 19.7. The van der Waals surface area contributed by atoms with Crippen LogP contribution in [-0.2, 0) is 4.74 Å². The molecule has 0 radical (unpaired) electrons. The van der Waals surface area contributed by atoms with E-state index in [1.807, 2.05) is 11.8 Å². The number of rotatable bonds is 7. The molecule has 0 spiro atoms. The van der Waals surface area contributed by atoms with Crippen molar-refractivity contribution < 1.29 is 4.74 Å². The maximum Gasteiger partial charge on any atom is 0.101 e. The van der Waals surface area contributed by atoms with Crippen molar-refractivity contribution in [3.05, 3.63) is 0 Å². The number of hydrogen-bond acceptors (Lipinski definition) is 4. The van der Waals surface area contributed by atoms with E-state index in [0.29, 0.717) is 17.4 Å². The number of piperidine rings is 1. The molecule has 2 heterocycles. The Kier molecular flexibility index (Phi) is 8.59. The number of nitrogens with one attached hydrogen (secondary N) is 1. The van der Waals surface area contributed by atoms with Crippen molar-refractivity contribution in [3.63, 3.8) is 0 Å². The summed E-state index contributed by atoms with van der Waals surface area (Å²) in [6, 6.07) is 0.172. The van der Waals surface area contributed by atoms with E-state index >= 15 is 0 Å². The minimum atomic E-state index is 0.172. The largest absolute Gasteiger partial charge is 0.367 e. The van der Waals surface area contributed by atoms with Gasteiger partial charge in [-0.05, 0) is 55.4 Å². The lowest BCUT2D eigenvalue weighted by Gasteiger charge is -2.37. The molecule has 3 nitrogen and oxygen atoms in total. The molecule has 1 aliphatic carbocycles. The van der Waals surface area contributed by atoms with Gasteiger partial charge in [-0.2, -0.15) is 0 Å². The zero-order chi connectivity index (χ0) is 20.1. The highest BCUT2D eigenvalue weighted by molar-refractivity contribution is 7.99. The fourth-order valence-electron chi connectivity index (χ4n) is 5.56. The van der Waals surface area contributed by atoms with Crippen molar-refractivity contribution in [2.24, 2.45) is 28.9 Å². The molecule has 3 fully saturated rings. The van der Waals surface area contributed by atoms with E-state index in [4.69, 9.17) is 10.5 Å². The van der Waals surface area contributed by atoms with Crippen LogP contribution in [0.25, 0.3) is 0 Å². The van der Waals surface area contributed by atoms with E-state index in [9.17, 15) is 0 Å². The van der Waals surface area contributed by atoms with Crippen LogP contribution in [0.1, 0.15) is 91.9 Å². The molecular formula is C24H46N2OS. The Bertz CT molecular complexity index is 466. The van der Waals surface area contributed by atoms with E-state index in [1.165, 1.54) is 70.8 Å². The second kappa shape index (κ2) is 10.5. The van der Waals surface area contributed by atoms with Gasteiger partial charge in [0.1, 0.15) is 6.10 Å². The van der Waals surface area contributed by atoms with Crippen LogP contribution in [0.5, 0.6) is 0 Å². The van der Waals surface area contributed by atoms with Crippen LogP contribution in [0.4, 0.5) is 0 Å². The Morgan fingerprint density at radius 3 is 2.54 bits per heavy atom. The van der Waals surface area contributed by atoms with Gasteiger partial charge in [0.2, 0.25) is 0 Å².